The predicted molar refractivity (Wildman–Crippen MR) is 59.7 cm³/mol. The molecule has 0 radical (unpaired) electrons. The average Bonchev–Trinajstić information content (AvgIpc) is 3.07. The highest BCUT2D eigenvalue weighted by molar-refractivity contribution is 5.83. The van der Waals surface area contributed by atoms with Crippen molar-refractivity contribution in [2.75, 3.05) is 19.8 Å². The van der Waals surface area contributed by atoms with Gasteiger partial charge >= 0.3 is 12.0 Å². The van der Waals surface area contributed by atoms with Crippen LogP contribution in [-0.2, 0) is 9.53 Å². The van der Waals surface area contributed by atoms with E-state index in [9.17, 15) is 9.59 Å². The highest BCUT2D eigenvalue weighted by atomic mass is 16.5. The number of carboxylic acids is 1. The highest BCUT2D eigenvalue weighted by Gasteiger charge is 2.40. The molecule has 1 saturated carbocycles. The average molecular weight is 242 g/mol. The van der Waals surface area contributed by atoms with Crippen LogP contribution in [0.3, 0.4) is 0 Å². The zero-order valence-electron chi connectivity index (χ0n) is 9.89. The van der Waals surface area contributed by atoms with Crippen molar-refractivity contribution < 1.29 is 19.4 Å². The van der Waals surface area contributed by atoms with Crippen molar-refractivity contribution in [3.05, 3.63) is 0 Å². The number of morpholine rings is 1. The lowest BCUT2D eigenvalue weighted by Crippen LogP contribution is -2.56. The molecule has 2 N–H and O–H groups in total. The number of nitrogens with zero attached hydrogens (tertiary/aromatic N) is 1. The first-order valence-electron chi connectivity index (χ1n) is 6.01. The van der Waals surface area contributed by atoms with E-state index in [0.29, 0.717) is 19.1 Å². The van der Waals surface area contributed by atoms with Crippen molar-refractivity contribution in [2.24, 2.45) is 5.92 Å². The molecule has 0 spiro atoms. The molecular formula is C11H18N2O4. The Labute approximate surface area is 99.9 Å². The molecule has 6 nitrogen and oxygen atoms in total. The van der Waals surface area contributed by atoms with Gasteiger partial charge in [-0.15, -0.1) is 0 Å². The van der Waals surface area contributed by atoms with Crippen LogP contribution in [0.25, 0.3) is 0 Å². The van der Waals surface area contributed by atoms with Crippen LogP contribution in [-0.4, -0.2) is 53.8 Å². The van der Waals surface area contributed by atoms with E-state index in [-0.39, 0.29) is 18.7 Å². The fourth-order valence-electron chi connectivity index (χ4n) is 2.17. The molecule has 1 saturated heterocycles. The summed E-state index contributed by atoms with van der Waals surface area (Å²) < 4.78 is 5.08. The van der Waals surface area contributed by atoms with Crippen molar-refractivity contribution in [3.63, 3.8) is 0 Å². The van der Waals surface area contributed by atoms with Gasteiger partial charge in [0.05, 0.1) is 13.2 Å². The van der Waals surface area contributed by atoms with Gasteiger partial charge in [0.25, 0.3) is 0 Å². The summed E-state index contributed by atoms with van der Waals surface area (Å²) in [5.41, 5.74) is 0. The number of amides is 2. The van der Waals surface area contributed by atoms with Gasteiger partial charge in [0.1, 0.15) is 0 Å². The largest absolute Gasteiger partial charge is 0.480 e. The predicted octanol–water partition coefficient (Wildman–Crippen LogP) is 0.280. The lowest BCUT2D eigenvalue weighted by Gasteiger charge is -2.32. The number of hydrogen-bond donors (Lipinski definition) is 2. The van der Waals surface area contributed by atoms with E-state index in [0.717, 1.165) is 12.8 Å². The van der Waals surface area contributed by atoms with Crippen LogP contribution < -0.4 is 5.32 Å². The second-order valence-electron chi connectivity index (χ2n) is 4.58. The molecule has 0 aromatic carbocycles. The van der Waals surface area contributed by atoms with Crippen molar-refractivity contribution in [3.8, 4) is 0 Å². The van der Waals surface area contributed by atoms with E-state index in [1.54, 1.807) is 0 Å². The summed E-state index contributed by atoms with van der Waals surface area (Å²) in [6.07, 6.45) is 2.06. The van der Waals surface area contributed by atoms with Crippen molar-refractivity contribution in [2.45, 2.75) is 31.8 Å². The quantitative estimate of drug-likeness (QED) is 0.745. The van der Waals surface area contributed by atoms with E-state index >= 15 is 0 Å². The summed E-state index contributed by atoms with van der Waals surface area (Å²) in [7, 11) is 0. The third-order valence-corrected chi connectivity index (χ3v) is 3.43. The molecule has 2 fully saturated rings. The number of ether oxygens (including phenoxy) is 1. The smallest absolute Gasteiger partial charge is 0.328 e. The van der Waals surface area contributed by atoms with Gasteiger partial charge in [-0.1, -0.05) is 13.3 Å². The van der Waals surface area contributed by atoms with Gasteiger partial charge in [-0.25, -0.2) is 9.59 Å². The van der Waals surface area contributed by atoms with Gasteiger partial charge < -0.3 is 20.1 Å². The van der Waals surface area contributed by atoms with Crippen LogP contribution in [0.5, 0.6) is 0 Å². The van der Waals surface area contributed by atoms with Crippen LogP contribution in [0.2, 0.25) is 0 Å². The lowest BCUT2D eigenvalue weighted by molar-refractivity contribution is -0.147. The van der Waals surface area contributed by atoms with E-state index in [4.69, 9.17) is 9.84 Å². The molecule has 1 aliphatic carbocycles. The zero-order chi connectivity index (χ0) is 12.4. The summed E-state index contributed by atoms with van der Waals surface area (Å²) in [6, 6.07) is -0.908. The van der Waals surface area contributed by atoms with Gasteiger partial charge in [0.15, 0.2) is 6.04 Å². The summed E-state index contributed by atoms with van der Waals surface area (Å²) in [5.74, 6) is -0.453. The maximum absolute atomic E-state index is 11.9. The molecule has 2 rings (SSSR count). The first-order valence-corrected chi connectivity index (χ1v) is 6.01. The first-order chi connectivity index (χ1) is 8.13. The molecule has 3 atom stereocenters. The normalized spacial score (nSPS) is 32.1. The Morgan fingerprint density at radius 3 is 2.88 bits per heavy atom. The minimum Gasteiger partial charge on any atom is -0.480 e. The summed E-state index contributed by atoms with van der Waals surface area (Å²) in [5, 5.41) is 11.9. The Balaban J connectivity index is 1.90. The SMILES string of the molecule is CCC1CC1NC(=O)N1CCOCC1C(=O)O. The molecular weight excluding hydrogens is 224 g/mol. The first kappa shape index (κ1) is 12.2. The number of hydrogen-bond acceptors (Lipinski definition) is 3. The zero-order valence-corrected chi connectivity index (χ0v) is 9.89. The Kier molecular flexibility index (Phi) is 3.51. The molecule has 2 aliphatic rings. The Hall–Kier alpha value is -1.30. The molecule has 17 heavy (non-hydrogen) atoms. The van der Waals surface area contributed by atoms with Crippen LogP contribution in [0.15, 0.2) is 0 Å². The molecule has 96 valence electrons. The minimum atomic E-state index is -1.01. The number of carbonyl (C=O) groups excluding carboxylic acids is 1. The van der Waals surface area contributed by atoms with E-state index in [1.165, 1.54) is 4.90 Å². The van der Waals surface area contributed by atoms with Crippen LogP contribution in [0.1, 0.15) is 19.8 Å². The third kappa shape index (κ3) is 2.69. The fraction of sp³-hybridized carbons (Fsp3) is 0.818. The van der Waals surface area contributed by atoms with Crippen molar-refractivity contribution in [1.82, 2.24) is 10.2 Å². The molecule has 1 heterocycles. The molecule has 1 aliphatic heterocycles. The molecule has 2 amide bonds. The van der Waals surface area contributed by atoms with Crippen LogP contribution in [0, 0.1) is 5.92 Å². The topological polar surface area (TPSA) is 78.9 Å². The number of urea groups is 1. The Morgan fingerprint density at radius 2 is 2.29 bits per heavy atom. The van der Waals surface area contributed by atoms with Crippen molar-refractivity contribution in [1.29, 1.82) is 0 Å². The van der Waals surface area contributed by atoms with Crippen LogP contribution >= 0.6 is 0 Å². The van der Waals surface area contributed by atoms with E-state index in [1.807, 2.05) is 0 Å². The van der Waals surface area contributed by atoms with Gasteiger partial charge in [0.2, 0.25) is 0 Å². The maximum atomic E-state index is 11.9. The molecule has 0 aromatic heterocycles. The third-order valence-electron chi connectivity index (χ3n) is 3.43. The summed E-state index contributed by atoms with van der Waals surface area (Å²) >= 11 is 0. The maximum Gasteiger partial charge on any atom is 0.328 e. The highest BCUT2D eigenvalue weighted by Crippen LogP contribution is 2.33. The monoisotopic (exact) mass is 242 g/mol. The summed E-state index contributed by atoms with van der Waals surface area (Å²) in [6.45, 7) is 2.90. The van der Waals surface area contributed by atoms with Gasteiger partial charge in [0, 0.05) is 12.6 Å². The molecule has 6 heteroatoms. The number of aliphatic carboxylic acids is 1. The molecule has 0 aromatic rings. The standard InChI is InChI=1S/C11H18N2O4/c1-2-7-5-8(7)12-11(16)13-3-4-17-6-9(13)10(14)15/h7-9H,2-6H2,1H3,(H,12,16)(H,14,15). The van der Waals surface area contributed by atoms with Gasteiger partial charge in [-0.3, -0.25) is 0 Å². The molecule has 3 unspecified atom stereocenters. The second kappa shape index (κ2) is 4.91. The molecule has 0 bridgehead atoms. The fourth-order valence-corrected chi connectivity index (χ4v) is 2.17. The Bertz CT molecular complexity index is 321. The number of carboxylic acid groups (broad SMARTS) is 1. The number of rotatable bonds is 3. The summed E-state index contributed by atoms with van der Waals surface area (Å²) in [4.78, 5) is 24.3. The van der Waals surface area contributed by atoms with Crippen molar-refractivity contribution >= 4 is 12.0 Å². The van der Waals surface area contributed by atoms with Gasteiger partial charge in [-0.2, -0.15) is 0 Å². The second-order valence-corrected chi connectivity index (χ2v) is 4.58. The number of carbonyl (C=O) groups is 2. The van der Waals surface area contributed by atoms with E-state index < -0.39 is 12.0 Å². The minimum absolute atomic E-state index is 0.0740. The van der Waals surface area contributed by atoms with Crippen LogP contribution in [0.4, 0.5) is 4.79 Å². The van der Waals surface area contributed by atoms with E-state index in [2.05, 4.69) is 12.2 Å². The number of nitrogens with one attached hydrogen (secondary N) is 1. The van der Waals surface area contributed by atoms with Gasteiger partial charge in [-0.05, 0) is 12.3 Å². The Morgan fingerprint density at radius 1 is 1.53 bits per heavy atom. The lowest BCUT2D eigenvalue weighted by atomic mass is 10.2.